The third-order valence-electron chi connectivity index (χ3n) is 5.75. The molecule has 0 aliphatic carbocycles. The van der Waals surface area contributed by atoms with Crippen LogP contribution in [0, 0.1) is 0 Å². The van der Waals surface area contributed by atoms with Crippen molar-refractivity contribution in [1.29, 1.82) is 0 Å². The second kappa shape index (κ2) is 10.7. The molecule has 0 bridgehead atoms. The molecule has 0 unspecified atom stereocenters. The summed E-state index contributed by atoms with van der Waals surface area (Å²) in [4.78, 5) is 43.8. The molecule has 0 atom stereocenters. The number of nitrogens with one attached hydrogen (secondary N) is 1. The van der Waals surface area contributed by atoms with Crippen LogP contribution < -0.4 is 5.32 Å². The van der Waals surface area contributed by atoms with E-state index in [2.05, 4.69) is 17.1 Å². The maximum absolute atomic E-state index is 13.4. The fourth-order valence-corrected chi connectivity index (χ4v) is 4.07. The Morgan fingerprint density at radius 2 is 1.72 bits per heavy atom. The summed E-state index contributed by atoms with van der Waals surface area (Å²) < 4.78 is 5.58. The van der Waals surface area contributed by atoms with Crippen molar-refractivity contribution >= 4 is 29.0 Å². The monoisotopic (exact) mass is 442 g/mol. The maximum Gasteiger partial charge on any atom is 0.277 e. The lowest BCUT2D eigenvalue weighted by molar-refractivity contribution is -0.138. The van der Waals surface area contributed by atoms with Gasteiger partial charge in [-0.2, -0.15) is 0 Å². The van der Waals surface area contributed by atoms with Crippen LogP contribution in [0.15, 0.2) is 30.0 Å². The number of likely N-dealkylation sites (N-methyl/N-ethyl adjacent to an activating group) is 1. The molecule has 0 aromatic heterocycles. The van der Waals surface area contributed by atoms with E-state index in [9.17, 15) is 14.4 Å². The molecule has 1 aromatic carbocycles. The number of nitrogens with zero attached hydrogens (tertiary/aromatic N) is 3. The summed E-state index contributed by atoms with van der Waals surface area (Å²) >= 11 is 0. The van der Waals surface area contributed by atoms with Gasteiger partial charge in [-0.1, -0.05) is 19.1 Å². The van der Waals surface area contributed by atoms with Gasteiger partial charge in [0.15, 0.2) is 0 Å². The van der Waals surface area contributed by atoms with Gasteiger partial charge in [0, 0.05) is 51.9 Å². The van der Waals surface area contributed by atoms with Crippen LogP contribution in [-0.2, 0) is 19.1 Å². The molecule has 8 heteroatoms. The molecule has 0 spiro atoms. The molecule has 2 aliphatic heterocycles. The Morgan fingerprint density at radius 1 is 1.06 bits per heavy atom. The first-order chi connectivity index (χ1) is 15.3. The van der Waals surface area contributed by atoms with Gasteiger partial charge in [0.05, 0.1) is 11.7 Å². The van der Waals surface area contributed by atoms with Crippen LogP contribution in [0.3, 0.4) is 0 Å². The van der Waals surface area contributed by atoms with Crippen molar-refractivity contribution < 1.29 is 19.1 Å². The predicted molar refractivity (Wildman–Crippen MR) is 124 cm³/mol. The Balaban J connectivity index is 1.86. The molecule has 1 aromatic rings. The Labute approximate surface area is 190 Å². The highest BCUT2D eigenvalue weighted by molar-refractivity contribution is 6.35. The normalized spacial score (nSPS) is 17.7. The third-order valence-corrected chi connectivity index (χ3v) is 5.75. The van der Waals surface area contributed by atoms with Gasteiger partial charge in [0.1, 0.15) is 5.70 Å². The fourth-order valence-electron chi connectivity index (χ4n) is 4.07. The van der Waals surface area contributed by atoms with Crippen molar-refractivity contribution in [3.05, 3.63) is 35.5 Å². The zero-order chi connectivity index (χ0) is 23.3. The number of anilines is 1. The Hall–Kier alpha value is -2.71. The van der Waals surface area contributed by atoms with Crippen LogP contribution in [0.5, 0.6) is 0 Å². The van der Waals surface area contributed by atoms with Gasteiger partial charge in [0.25, 0.3) is 11.8 Å². The Kier molecular flexibility index (Phi) is 8.04. The number of carbonyl (C=O) groups excluding carboxylic acids is 3. The van der Waals surface area contributed by atoms with Crippen LogP contribution in [0.25, 0.3) is 5.57 Å². The number of imide groups is 1. The molecule has 3 rings (SSSR count). The van der Waals surface area contributed by atoms with Crippen LogP contribution >= 0.6 is 0 Å². The quantitative estimate of drug-likeness (QED) is 0.466. The molecule has 0 radical (unpaired) electrons. The van der Waals surface area contributed by atoms with Crippen molar-refractivity contribution in [2.45, 2.75) is 40.2 Å². The molecule has 2 aliphatic rings. The second-order valence-corrected chi connectivity index (χ2v) is 8.44. The van der Waals surface area contributed by atoms with E-state index in [4.69, 9.17) is 4.74 Å². The molecule has 3 amide bonds. The van der Waals surface area contributed by atoms with E-state index in [1.165, 1.54) is 11.8 Å². The first-order valence-corrected chi connectivity index (χ1v) is 11.4. The van der Waals surface area contributed by atoms with Crippen LogP contribution in [-0.4, -0.2) is 84.4 Å². The SMILES string of the molecule is CCN1CCN(C2=C(c3ccc(NC(C)=O)cc3)C(=O)N(CCCOC(C)C)C2=O)CC1. The number of benzene rings is 1. The summed E-state index contributed by atoms with van der Waals surface area (Å²) in [7, 11) is 0. The summed E-state index contributed by atoms with van der Waals surface area (Å²) in [6, 6.07) is 7.10. The largest absolute Gasteiger partial charge is 0.379 e. The van der Waals surface area contributed by atoms with Crippen molar-refractivity contribution in [3.8, 4) is 0 Å². The van der Waals surface area contributed by atoms with Crippen LogP contribution in [0.2, 0.25) is 0 Å². The number of amides is 3. The van der Waals surface area contributed by atoms with E-state index in [1.54, 1.807) is 24.3 Å². The fraction of sp³-hybridized carbons (Fsp3) is 0.542. The lowest BCUT2D eigenvalue weighted by Gasteiger charge is -2.36. The van der Waals surface area contributed by atoms with Crippen LogP contribution in [0.1, 0.15) is 39.7 Å². The van der Waals surface area contributed by atoms with Crippen molar-refractivity contribution in [2.24, 2.45) is 0 Å². The van der Waals surface area contributed by atoms with Gasteiger partial charge in [-0.25, -0.2) is 0 Å². The zero-order valence-corrected chi connectivity index (χ0v) is 19.5. The number of ether oxygens (including phenoxy) is 1. The molecule has 8 nitrogen and oxygen atoms in total. The van der Waals surface area contributed by atoms with Gasteiger partial charge in [-0.15, -0.1) is 0 Å². The molecule has 1 N–H and O–H groups in total. The molecule has 2 heterocycles. The van der Waals surface area contributed by atoms with Crippen molar-refractivity contribution in [2.75, 3.05) is 51.2 Å². The third kappa shape index (κ3) is 5.55. The summed E-state index contributed by atoms with van der Waals surface area (Å²) in [5.41, 5.74) is 2.27. The molecule has 1 fully saturated rings. The van der Waals surface area contributed by atoms with Crippen molar-refractivity contribution in [1.82, 2.24) is 14.7 Å². The number of hydrogen-bond donors (Lipinski definition) is 1. The van der Waals surface area contributed by atoms with Gasteiger partial charge >= 0.3 is 0 Å². The Morgan fingerprint density at radius 3 is 2.28 bits per heavy atom. The topological polar surface area (TPSA) is 82.2 Å². The van der Waals surface area contributed by atoms with E-state index in [1.807, 2.05) is 18.7 Å². The highest BCUT2D eigenvalue weighted by atomic mass is 16.5. The Bertz CT molecular complexity index is 870. The number of piperazine rings is 1. The molecular formula is C24H34N4O4. The number of hydrogen-bond acceptors (Lipinski definition) is 6. The van der Waals surface area contributed by atoms with Crippen molar-refractivity contribution in [3.63, 3.8) is 0 Å². The minimum atomic E-state index is -0.264. The zero-order valence-electron chi connectivity index (χ0n) is 19.5. The summed E-state index contributed by atoms with van der Waals surface area (Å²) in [5.74, 6) is -0.654. The standard InChI is InChI=1S/C24H34N4O4/c1-5-26-12-14-27(15-13-26)22-21(19-7-9-20(10-8-19)25-18(4)29)23(30)28(24(22)31)11-6-16-32-17(2)3/h7-10,17H,5-6,11-16H2,1-4H3,(H,25,29). The minimum absolute atomic E-state index is 0.112. The van der Waals surface area contributed by atoms with Gasteiger partial charge < -0.3 is 19.9 Å². The van der Waals surface area contributed by atoms with E-state index >= 15 is 0 Å². The number of rotatable bonds is 9. The summed E-state index contributed by atoms with van der Waals surface area (Å²) in [6.45, 7) is 12.4. The summed E-state index contributed by atoms with van der Waals surface area (Å²) in [6.07, 6.45) is 0.711. The highest BCUT2D eigenvalue weighted by Gasteiger charge is 2.41. The first-order valence-electron chi connectivity index (χ1n) is 11.4. The van der Waals surface area contributed by atoms with E-state index in [0.29, 0.717) is 55.2 Å². The smallest absolute Gasteiger partial charge is 0.277 e. The summed E-state index contributed by atoms with van der Waals surface area (Å²) in [5, 5.41) is 2.73. The molecule has 1 saturated heterocycles. The minimum Gasteiger partial charge on any atom is -0.379 e. The lowest BCUT2D eigenvalue weighted by atomic mass is 10.0. The van der Waals surface area contributed by atoms with E-state index in [0.717, 1.165) is 19.6 Å². The second-order valence-electron chi connectivity index (χ2n) is 8.44. The van der Waals surface area contributed by atoms with Gasteiger partial charge in [-0.3, -0.25) is 19.3 Å². The molecule has 32 heavy (non-hydrogen) atoms. The van der Waals surface area contributed by atoms with E-state index < -0.39 is 0 Å². The molecular weight excluding hydrogens is 408 g/mol. The lowest BCUT2D eigenvalue weighted by Crippen LogP contribution is -2.47. The highest BCUT2D eigenvalue weighted by Crippen LogP contribution is 2.33. The maximum atomic E-state index is 13.4. The van der Waals surface area contributed by atoms with Gasteiger partial charge in [0.2, 0.25) is 5.91 Å². The average Bonchev–Trinajstić information content (AvgIpc) is 3.01. The number of carbonyl (C=O) groups is 3. The molecule has 0 saturated carbocycles. The average molecular weight is 443 g/mol. The predicted octanol–water partition coefficient (Wildman–Crippen LogP) is 2.18. The van der Waals surface area contributed by atoms with E-state index in [-0.39, 0.29) is 23.8 Å². The first kappa shape index (κ1) is 23.9. The molecule has 174 valence electrons. The van der Waals surface area contributed by atoms with Gasteiger partial charge in [-0.05, 0) is 44.5 Å². The van der Waals surface area contributed by atoms with Crippen LogP contribution in [0.4, 0.5) is 5.69 Å².